The van der Waals surface area contributed by atoms with Crippen LogP contribution in [0, 0.1) is 11.3 Å². The highest BCUT2D eigenvalue weighted by Gasteiger charge is 2.18. The SMILES string of the molecule is COc1ccc(C2=CSC(=C(C#N)c3ccnc(NCCc4cccnc4)n3)N2)cc1. The first-order valence-electron chi connectivity index (χ1n) is 9.65. The van der Waals surface area contributed by atoms with Crippen LogP contribution in [0.25, 0.3) is 11.3 Å². The molecule has 4 rings (SSSR count). The maximum absolute atomic E-state index is 9.79. The Balaban J connectivity index is 1.45. The maximum atomic E-state index is 9.79. The molecule has 8 heteroatoms. The second kappa shape index (κ2) is 9.78. The number of methoxy groups -OCH3 is 1. The second-order valence-corrected chi connectivity index (χ2v) is 7.50. The molecule has 2 N–H and O–H groups in total. The third-order valence-corrected chi connectivity index (χ3v) is 5.51. The number of hydrogen-bond acceptors (Lipinski definition) is 8. The van der Waals surface area contributed by atoms with E-state index in [1.165, 1.54) is 11.8 Å². The molecule has 1 aliphatic heterocycles. The topological polar surface area (TPSA) is 95.8 Å². The number of nitriles is 1. The third kappa shape index (κ3) is 5.02. The van der Waals surface area contributed by atoms with E-state index in [9.17, 15) is 5.26 Å². The third-order valence-electron chi connectivity index (χ3n) is 4.61. The molecule has 0 aliphatic carbocycles. The molecule has 0 atom stereocenters. The second-order valence-electron chi connectivity index (χ2n) is 6.62. The fourth-order valence-electron chi connectivity index (χ4n) is 3.00. The molecule has 3 heterocycles. The van der Waals surface area contributed by atoms with Crippen molar-refractivity contribution < 1.29 is 4.74 Å². The largest absolute Gasteiger partial charge is 0.497 e. The molecule has 0 spiro atoms. The van der Waals surface area contributed by atoms with Crippen LogP contribution in [-0.2, 0) is 6.42 Å². The Hall–Kier alpha value is -3.83. The Labute approximate surface area is 184 Å². The van der Waals surface area contributed by atoms with E-state index in [4.69, 9.17) is 4.74 Å². The smallest absolute Gasteiger partial charge is 0.223 e. The first kappa shape index (κ1) is 20.4. The Morgan fingerprint density at radius 1 is 1.19 bits per heavy atom. The zero-order valence-corrected chi connectivity index (χ0v) is 17.7. The van der Waals surface area contributed by atoms with Crippen molar-refractivity contribution in [3.63, 3.8) is 0 Å². The van der Waals surface area contributed by atoms with Gasteiger partial charge in [0.05, 0.1) is 23.5 Å². The van der Waals surface area contributed by atoms with Crippen LogP contribution in [0.4, 0.5) is 5.95 Å². The van der Waals surface area contributed by atoms with Crippen molar-refractivity contribution in [3.8, 4) is 11.8 Å². The van der Waals surface area contributed by atoms with Crippen molar-refractivity contribution in [2.24, 2.45) is 0 Å². The summed E-state index contributed by atoms with van der Waals surface area (Å²) in [5.41, 5.74) is 4.12. The molecule has 0 saturated carbocycles. The average Bonchev–Trinajstić information content (AvgIpc) is 3.30. The minimum atomic E-state index is 0.475. The van der Waals surface area contributed by atoms with E-state index in [1.54, 1.807) is 25.6 Å². The number of ether oxygens (including phenoxy) is 1. The number of thioether (sulfide) groups is 1. The van der Waals surface area contributed by atoms with Gasteiger partial charge >= 0.3 is 0 Å². The molecule has 31 heavy (non-hydrogen) atoms. The van der Waals surface area contributed by atoms with E-state index in [1.807, 2.05) is 48.0 Å². The standard InChI is InChI=1S/C23H20N6OS/c1-30-18-6-4-17(5-7-18)21-15-31-22(28-21)19(13-24)20-9-12-27-23(29-20)26-11-8-16-3-2-10-25-14-16/h2-7,9-10,12,14-15,28H,8,11H2,1H3,(H,26,27,29). The molecule has 0 bridgehead atoms. The average molecular weight is 429 g/mol. The van der Waals surface area contributed by atoms with Crippen LogP contribution in [0.15, 0.2) is 71.5 Å². The molecule has 0 amide bonds. The molecule has 7 nitrogen and oxygen atoms in total. The molecule has 0 radical (unpaired) electrons. The lowest BCUT2D eigenvalue weighted by atomic mass is 10.1. The number of nitrogens with zero attached hydrogens (tertiary/aromatic N) is 4. The highest BCUT2D eigenvalue weighted by molar-refractivity contribution is 8.06. The number of pyridine rings is 1. The number of benzene rings is 1. The predicted molar refractivity (Wildman–Crippen MR) is 123 cm³/mol. The summed E-state index contributed by atoms with van der Waals surface area (Å²) < 4.78 is 5.21. The van der Waals surface area contributed by atoms with Crippen molar-refractivity contribution in [1.29, 1.82) is 5.26 Å². The van der Waals surface area contributed by atoms with E-state index >= 15 is 0 Å². The quantitative estimate of drug-likeness (QED) is 0.544. The lowest BCUT2D eigenvalue weighted by Gasteiger charge is -2.09. The van der Waals surface area contributed by atoms with Gasteiger partial charge in [0, 0.05) is 30.5 Å². The van der Waals surface area contributed by atoms with Crippen molar-refractivity contribution in [2.75, 3.05) is 19.0 Å². The summed E-state index contributed by atoms with van der Waals surface area (Å²) in [6, 6.07) is 15.7. The number of rotatable bonds is 7. The van der Waals surface area contributed by atoms with Crippen LogP contribution in [0.5, 0.6) is 5.75 Å². The van der Waals surface area contributed by atoms with Crippen LogP contribution in [0.3, 0.4) is 0 Å². The van der Waals surface area contributed by atoms with Crippen LogP contribution in [0.2, 0.25) is 0 Å². The van der Waals surface area contributed by atoms with E-state index in [-0.39, 0.29) is 0 Å². The molecule has 0 unspecified atom stereocenters. The molecule has 1 aliphatic rings. The fraction of sp³-hybridized carbons (Fsp3) is 0.130. The summed E-state index contributed by atoms with van der Waals surface area (Å²) in [5, 5.41) is 19.1. The summed E-state index contributed by atoms with van der Waals surface area (Å²) in [4.78, 5) is 12.9. The molecule has 1 aromatic carbocycles. The number of anilines is 1. The van der Waals surface area contributed by atoms with Crippen LogP contribution < -0.4 is 15.4 Å². The van der Waals surface area contributed by atoms with E-state index in [2.05, 4.69) is 31.7 Å². The lowest BCUT2D eigenvalue weighted by molar-refractivity contribution is 0.415. The number of aromatic nitrogens is 3. The van der Waals surface area contributed by atoms with Gasteiger partial charge in [0.1, 0.15) is 17.4 Å². The summed E-state index contributed by atoms with van der Waals surface area (Å²) in [6.07, 6.45) is 6.06. The van der Waals surface area contributed by atoms with Gasteiger partial charge in [-0.1, -0.05) is 17.8 Å². The maximum Gasteiger partial charge on any atom is 0.223 e. The minimum absolute atomic E-state index is 0.475. The minimum Gasteiger partial charge on any atom is -0.497 e. The van der Waals surface area contributed by atoms with Crippen molar-refractivity contribution in [3.05, 3.63) is 88.3 Å². The number of allylic oxidation sites excluding steroid dienone is 1. The van der Waals surface area contributed by atoms with Gasteiger partial charge in [0.25, 0.3) is 0 Å². The number of nitrogens with one attached hydrogen (secondary N) is 2. The summed E-state index contributed by atoms with van der Waals surface area (Å²) in [7, 11) is 1.64. The normalized spacial score (nSPS) is 14.3. The van der Waals surface area contributed by atoms with Crippen LogP contribution in [0.1, 0.15) is 16.8 Å². The summed E-state index contributed by atoms with van der Waals surface area (Å²) >= 11 is 1.47. The highest BCUT2D eigenvalue weighted by atomic mass is 32.2. The van der Waals surface area contributed by atoms with Crippen LogP contribution in [-0.4, -0.2) is 28.6 Å². The molecule has 154 valence electrons. The van der Waals surface area contributed by atoms with E-state index < -0.39 is 0 Å². The highest BCUT2D eigenvalue weighted by Crippen LogP contribution is 2.35. The fourth-order valence-corrected chi connectivity index (χ4v) is 3.87. The van der Waals surface area contributed by atoms with Gasteiger partial charge in [-0.05, 0) is 53.9 Å². The first-order valence-corrected chi connectivity index (χ1v) is 10.5. The van der Waals surface area contributed by atoms with Gasteiger partial charge in [0.2, 0.25) is 5.95 Å². The molecular weight excluding hydrogens is 408 g/mol. The Morgan fingerprint density at radius 2 is 2.06 bits per heavy atom. The van der Waals surface area contributed by atoms with Crippen LogP contribution >= 0.6 is 11.8 Å². The molecule has 2 aromatic heterocycles. The van der Waals surface area contributed by atoms with Gasteiger partial charge < -0.3 is 15.4 Å². The summed E-state index contributed by atoms with van der Waals surface area (Å²) in [5.74, 6) is 1.29. The molecular formula is C23H20N6OS. The molecule has 3 aromatic rings. The first-order chi connectivity index (χ1) is 15.3. The Morgan fingerprint density at radius 3 is 2.81 bits per heavy atom. The van der Waals surface area contributed by atoms with Crippen molar-refractivity contribution in [2.45, 2.75) is 6.42 Å². The molecule has 0 fully saturated rings. The monoisotopic (exact) mass is 428 g/mol. The number of hydrogen-bond donors (Lipinski definition) is 2. The predicted octanol–water partition coefficient (Wildman–Crippen LogP) is 4.06. The van der Waals surface area contributed by atoms with Gasteiger partial charge in [-0.25, -0.2) is 9.97 Å². The van der Waals surface area contributed by atoms with E-state index in [0.29, 0.717) is 23.8 Å². The zero-order chi connectivity index (χ0) is 21.5. The lowest BCUT2D eigenvalue weighted by Crippen LogP contribution is -2.10. The van der Waals surface area contributed by atoms with Gasteiger partial charge in [-0.2, -0.15) is 5.26 Å². The van der Waals surface area contributed by atoms with Gasteiger partial charge in [0.15, 0.2) is 0 Å². The summed E-state index contributed by atoms with van der Waals surface area (Å²) in [6.45, 7) is 0.670. The molecule has 0 saturated heterocycles. The van der Waals surface area contributed by atoms with Gasteiger partial charge in [-0.15, -0.1) is 0 Å². The Bertz CT molecular complexity index is 1150. The van der Waals surface area contributed by atoms with E-state index in [0.717, 1.165) is 34.0 Å². The Kier molecular flexibility index (Phi) is 6.45. The van der Waals surface area contributed by atoms with Crippen molar-refractivity contribution in [1.82, 2.24) is 20.3 Å². The zero-order valence-electron chi connectivity index (χ0n) is 16.9. The van der Waals surface area contributed by atoms with Gasteiger partial charge in [-0.3, -0.25) is 4.98 Å². The van der Waals surface area contributed by atoms with Crippen molar-refractivity contribution >= 4 is 29.0 Å².